The molecule has 0 spiro atoms. The van der Waals surface area contributed by atoms with Gasteiger partial charge in [-0.3, -0.25) is 14.9 Å². The second-order valence-corrected chi connectivity index (χ2v) is 7.23. The van der Waals surface area contributed by atoms with Gasteiger partial charge in [0, 0.05) is 22.7 Å². The summed E-state index contributed by atoms with van der Waals surface area (Å²) in [4.78, 5) is 35.7. The lowest BCUT2D eigenvalue weighted by Crippen LogP contribution is -2.10. The van der Waals surface area contributed by atoms with Gasteiger partial charge >= 0.3 is 5.97 Å². The van der Waals surface area contributed by atoms with Crippen molar-refractivity contribution >= 4 is 34.2 Å². The molecule has 0 amide bonds. The Hall–Kier alpha value is -3.97. The number of benzene rings is 3. The van der Waals surface area contributed by atoms with Gasteiger partial charge in [0.25, 0.3) is 5.69 Å². The molecule has 4 aromatic rings. The van der Waals surface area contributed by atoms with Gasteiger partial charge in [-0.05, 0) is 48.9 Å². The molecule has 0 N–H and O–H groups in total. The Balaban J connectivity index is 1.62. The van der Waals surface area contributed by atoms with Crippen LogP contribution in [0.3, 0.4) is 0 Å². The Labute approximate surface area is 180 Å². The van der Waals surface area contributed by atoms with E-state index < -0.39 is 10.9 Å². The molecular formula is C23H14ClNO6. The molecule has 1 heterocycles. The van der Waals surface area contributed by atoms with E-state index >= 15 is 0 Å². The molecule has 154 valence electrons. The summed E-state index contributed by atoms with van der Waals surface area (Å²) in [6, 6.07) is 15.2. The predicted octanol–water partition coefficient (Wildman–Crippen LogP) is 5.55. The van der Waals surface area contributed by atoms with Crippen LogP contribution in [0.1, 0.15) is 15.9 Å². The zero-order valence-corrected chi connectivity index (χ0v) is 16.9. The Bertz CT molecular complexity index is 1390. The maximum atomic E-state index is 12.8. The van der Waals surface area contributed by atoms with Crippen LogP contribution in [0.15, 0.2) is 76.1 Å². The minimum absolute atomic E-state index is 0.0829. The highest BCUT2D eigenvalue weighted by atomic mass is 35.5. The topological polar surface area (TPSA) is 99.7 Å². The molecule has 0 unspecified atom stereocenters. The van der Waals surface area contributed by atoms with Crippen LogP contribution in [0.2, 0.25) is 5.02 Å². The number of rotatable bonds is 4. The second kappa shape index (κ2) is 8.04. The first-order valence-corrected chi connectivity index (χ1v) is 9.50. The van der Waals surface area contributed by atoms with Crippen LogP contribution in [-0.2, 0) is 0 Å². The van der Waals surface area contributed by atoms with Crippen LogP contribution in [-0.4, -0.2) is 10.9 Å². The van der Waals surface area contributed by atoms with Crippen molar-refractivity contribution in [2.45, 2.75) is 6.92 Å². The number of nitrogens with zero attached hydrogens (tertiary/aromatic N) is 1. The first kappa shape index (κ1) is 20.3. The summed E-state index contributed by atoms with van der Waals surface area (Å²) in [6.45, 7) is 1.54. The molecule has 0 aliphatic rings. The fourth-order valence-corrected chi connectivity index (χ4v) is 3.28. The van der Waals surface area contributed by atoms with E-state index in [4.69, 9.17) is 20.8 Å². The quantitative estimate of drug-likeness (QED) is 0.180. The molecule has 3 aromatic carbocycles. The molecule has 0 fully saturated rings. The average Bonchev–Trinajstić information content (AvgIpc) is 2.74. The van der Waals surface area contributed by atoms with Crippen LogP contribution in [0, 0.1) is 17.0 Å². The number of nitro groups is 1. The second-order valence-electron chi connectivity index (χ2n) is 6.79. The van der Waals surface area contributed by atoms with Crippen molar-refractivity contribution in [1.82, 2.24) is 0 Å². The maximum absolute atomic E-state index is 12.8. The number of nitro benzene ring substituents is 1. The van der Waals surface area contributed by atoms with Crippen molar-refractivity contribution in [1.29, 1.82) is 0 Å². The number of carbonyl (C=O) groups excluding carboxylic acids is 1. The molecule has 0 aliphatic heterocycles. The number of ether oxygens (including phenoxy) is 1. The molecule has 8 heteroatoms. The molecule has 0 atom stereocenters. The summed E-state index contributed by atoms with van der Waals surface area (Å²) in [5.74, 6) is -0.506. The molecule has 1 aromatic heterocycles. The summed E-state index contributed by atoms with van der Waals surface area (Å²) in [7, 11) is 0. The number of halogens is 1. The monoisotopic (exact) mass is 435 g/mol. The first-order valence-electron chi connectivity index (χ1n) is 9.12. The minimum Gasteiger partial charge on any atom is -0.463 e. The van der Waals surface area contributed by atoms with E-state index in [1.807, 2.05) is 0 Å². The van der Waals surface area contributed by atoms with E-state index in [9.17, 15) is 19.7 Å². The smallest absolute Gasteiger partial charge is 0.343 e. The van der Waals surface area contributed by atoms with Gasteiger partial charge < -0.3 is 9.15 Å². The third-order valence-electron chi connectivity index (χ3n) is 4.74. The van der Waals surface area contributed by atoms with Gasteiger partial charge in [0.05, 0.1) is 21.4 Å². The first-order chi connectivity index (χ1) is 14.8. The highest BCUT2D eigenvalue weighted by Gasteiger charge is 2.16. The molecule has 0 saturated heterocycles. The average molecular weight is 436 g/mol. The van der Waals surface area contributed by atoms with Crippen LogP contribution in [0.25, 0.3) is 22.1 Å². The van der Waals surface area contributed by atoms with Crippen molar-refractivity contribution in [3.8, 4) is 16.9 Å². The zero-order valence-electron chi connectivity index (χ0n) is 16.1. The Morgan fingerprint density at radius 3 is 2.48 bits per heavy atom. The fourth-order valence-electron chi connectivity index (χ4n) is 3.15. The number of carbonyl (C=O) groups is 1. The van der Waals surface area contributed by atoms with Crippen molar-refractivity contribution < 1.29 is 18.9 Å². The number of hydrogen-bond acceptors (Lipinski definition) is 6. The van der Waals surface area contributed by atoms with E-state index in [2.05, 4.69) is 0 Å². The Morgan fingerprint density at radius 1 is 1.06 bits per heavy atom. The third kappa shape index (κ3) is 4.04. The molecular weight excluding hydrogens is 422 g/mol. The van der Waals surface area contributed by atoms with E-state index in [0.717, 1.165) is 0 Å². The minimum atomic E-state index is -0.683. The molecule has 7 nitrogen and oxygen atoms in total. The van der Waals surface area contributed by atoms with Gasteiger partial charge in [-0.15, -0.1) is 0 Å². The third-order valence-corrected chi connectivity index (χ3v) is 4.99. The summed E-state index contributed by atoms with van der Waals surface area (Å²) in [5.41, 5.74) is 1.52. The maximum Gasteiger partial charge on any atom is 0.343 e. The van der Waals surface area contributed by atoms with E-state index in [1.54, 1.807) is 24.3 Å². The lowest BCUT2D eigenvalue weighted by Gasteiger charge is -2.07. The lowest BCUT2D eigenvalue weighted by atomic mass is 10.1. The number of hydrogen-bond donors (Lipinski definition) is 0. The largest absolute Gasteiger partial charge is 0.463 e. The lowest BCUT2D eigenvalue weighted by molar-refractivity contribution is -0.385. The molecule has 0 aliphatic carbocycles. The number of aryl methyl sites for hydroxylation is 1. The Morgan fingerprint density at radius 2 is 1.81 bits per heavy atom. The standard InChI is InChI=1S/C23H14ClNO6/c1-13-10-15(4-9-20(13)25(28)29)23(27)31-17-7-8-18-21(11-17)30-12-19(22(18)26)14-2-5-16(24)6-3-14/h2-12H,1H3. The highest BCUT2D eigenvalue weighted by molar-refractivity contribution is 6.30. The number of fused-ring (bicyclic) bond motifs is 1. The predicted molar refractivity (Wildman–Crippen MR) is 116 cm³/mol. The van der Waals surface area contributed by atoms with Gasteiger partial charge in [-0.2, -0.15) is 0 Å². The van der Waals surface area contributed by atoms with Gasteiger partial charge in [0.1, 0.15) is 17.6 Å². The van der Waals surface area contributed by atoms with E-state index in [-0.39, 0.29) is 28.0 Å². The summed E-state index contributed by atoms with van der Waals surface area (Å²) in [6.07, 6.45) is 1.35. The molecule has 4 rings (SSSR count). The van der Waals surface area contributed by atoms with Gasteiger partial charge in [-0.25, -0.2) is 4.79 Å². The molecule has 0 bridgehead atoms. The van der Waals surface area contributed by atoms with E-state index in [0.29, 0.717) is 27.1 Å². The van der Waals surface area contributed by atoms with Crippen LogP contribution >= 0.6 is 11.6 Å². The fraction of sp³-hybridized carbons (Fsp3) is 0.0435. The van der Waals surface area contributed by atoms with Gasteiger partial charge in [0.15, 0.2) is 5.43 Å². The molecule has 0 radical (unpaired) electrons. The van der Waals surface area contributed by atoms with Crippen LogP contribution < -0.4 is 10.2 Å². The van der Waals surface area contributed by atoms with Crippen molar-refractivity contribution in [2.24, 2.45) is 0 Å². The van der Waals surface area contributed by atoms with Crippen molar-refractivity contribution in [2.75, 3.05) is 0 Å². The number of esters is 1. The summed E-state index contributed by atoms with van der Waals surface area (Å²) >= 11 is 5.89. The SMILES string of the molecule is Cc1cc(C(=O)Oc2ccc3c(=O)c(-c4ccc(Cl)cc4)coc3c2)ccc1[N+](=O)[O-]. The summed E-state index contributed by atoms with van der Waals surface area (Å²) in [5, 5.41) is 11.8. The van der Waals surface area contributed by atoms with Crippen LogP contribution in [0.5, 0.6) is 5.75 Å². The molecule has 31 heavy (non-hydrogen) atoms. The highest BCUT2D eigenvalue weighted by Crippen LogP contribution is 2.25. The van der Waals surface area contributed by atoms with Crippen LogP contribution in [0.4, 0.5) is 5.69 Å². The zero-order chi connectivity index (χ0) is 22.1. The normalized spacial score (nSPS) is 10.8. The van der Waals surface area contributed by atoms with Crippen molar-refractivity contribution in [3.63, 3.8) is 0 Å². The van der Waals surface area contributed by atoms with Gasteiger partial charge in [0.2, 0.25) is 0 Å². The van der Waals surface area contributed by atoms with Gasteiger partial charge in [-0.1, -0.05) is 23.7 Å². The molecule has 0 saturated carbocycles. The van der Waals surface area contributed by atoms with E-state index in [1.165, 1.54) is 49.6 Å². The Kier molecular flexibility index (Phi) is 5.27. The summed E-state index contributed by atoms with van der Waals surface area (Å²) < 4.78 is 10.9. The van der Waals surface area contributed by atoms with Crippen molar-refractivity contribution in [3.05, 3.63) is 103 Å².